The molecular formula is C23H21N3OS. The summed E-state index contributed by atoms with van der Waals surface area (Å²) in [7, 11) is 0. The number of hydrogen-bond acceptors (Lipinski definition) is 3. The highest BCUT2D eigenvalue weighted by Crippen LogP contribution is 2.29. The highest BCUT2D eigenvalue weighted by Gasteiger charge is 2.18. The predicted octanol–water partition coefficient (Wildman–Crippen LogP) is 5.66. The number of nitrogens with zero attached hydrogens (tertiary/aromatic N) is 1. The summed E-state index contributed by atoms with van der Waals surface area (Å²) in [5.74, 6) is -0.0509. The van der Waals surface area contributed by atoms with Crippen LogP contribution in [0.25, 0.3) is 22.2 Å². The number of thioether (sulfide) groups is 1. The minimum absolute atomic E-state index is 0.0509. The number of carbonyl (C=O) groups is 1. The number of nitrogens with one attached hydrogen (secondary N) is 2. The molecule has 2 N–H and O–H groups in total. The number of anilines is 1. The van der Waals surface area contributed by atoms with Crippen molar-refractivity contribution >= 4 is 34.4 Å². The number of amides is 1. The van der Waals surface area contributed by atoms with Crippen molar-refractivity contribution in [2.75, 3.05) is 5.32 Å². The first-order valence-corrected chi connectivity index (χ1v) is 10.1. The van der Waals surface area contributed by atoms with Gasteiger partial charge in [0.25, 0.3) is 0 Å². The molecule has 0 saturated heterocycles. The monoisotopic (exact) mass is 387 g/mol. The molecule has 0 aliphatic rings. The van der Waals surface area contributed by atoms with Crippen LogP contribution in [0.1, 0.15) is 12.5 Å². The molecule has 1 atom stereocenters. The number of carbonyl (C=O) groups excluding carboxylic acids is 1. The van der Waals surface area contributed by atoms with Crippen LogP contribution in [0.3, 0.4) is 0 Å². The van der Waals surface area contributed by atoms with Crippen molar-refractivity contribution in [3.8, 4) is 11.1 Å². The van der Waals surface area contributed by atoms with E-state index >= 15 is 0 Å². The summed E-state index contributed by atoms with van der Waals surface area (Å²) >= 11 is 1.43. The average Bonchev–Trinajstić information content (AvgIpc) is 3.10. The van der Waals surface area contributed by atoms with Crippen molar-refractivity contribution in [1.29, 1.82) is 0 Å². The molecule has 1 heterocycles. The molecule has 0 spiro atoms. The van der Waals surface area contributed by atoms with E-state index in [0.29, 0.717) is 0 Å². The molecule has 4 rings (SSSR count). The molecule has 0 aliphatic heterocycles. The van der Waals surface area contributed by atoms with Gasteiger partial charge in [0.15, 0.2) is 5.16 Å². The Labute approximate surface area is 168 Å². The fraction of sp³-hybridized carbons (Fsp3) is 0.130. The summed E-state index contributed by atoms with van der Waals surface area (Å²) in [6.07, 6.45) is 0. The second-order valence-corrected chi connectivity index (χ2v) is 8.05. The third-order valence-corrected chi connectivity index (χ3v) is 5.53. The number of rotatable bonds is 5. The van der Waals surface area contributed by atoms with Gasteiger partial charge in [-0.25, -0.2) is 4.98 Å². The molecule has 28 heavy (non-hydrogen) atoms. The molecule has 0 aliphatic carbocycles. The third kappa shape index (κ3) is 3.94. The van der Waals surface area contributed by atoms with Crippen LogP contribution in [0.2, 0.25) is 0 Å². The summed E-state index contributed by atoms with van der Waals surface area (Å²) in [5, 5.41) is 3.53. The molecule has 3 aromatic carbocycles. The van der Waals surface area contributed by atoms with Crippen LogP contribution in [-0.4, -0.2) is 21.1 Å². The van der Waals surface area contributed by atoms with E-state index in [1.54, 1.807) is 0 Å². The van der Waals surface area contributed by atoms with E-state index in [4.69, 9.17) is 0 Å². The molecule has 0 radical (unpaired) electrons. The molecule has 0 saturated carbocycles. The van der Waals surface area contributed by atoms with Crippen molar-refractivity contribution < 1.29 is 4.79 Å². The number of hydrogen-bond donors (Lipinski definition) is 2. The van der Waals surface area contributed by atoms with E-state index in [9.17, 15) is 4.79 Å². The largest absolute Gasteiger partial charge is 0.333 e. The van der Waals surface area contributed by atoms with Gasteiger partial charge in [0.2, 0.25) is 5.91 Å². The smallest absolute Gasteiger partial charge is 0.237 e. The maximum absolute atomic E-state index is 12.8. The van der Waals surface area contributed by atoms with Gasteiger partial charge < -0.3 is 10.3 Å². The first-order chi connectivity index (χ1) is 13.6. The number of aromatic amines is 1. The van der Waals surface area contributed by atoms with Crippen LogP contribution in [0.4, 0.5) is 5.69 Å². The van der Waals surface area contributed by atoms with E-state index in [2.05, 4.69) is 21.4 Å². The standard InChI is InChI=1S/C23H21N3OS/c1-15-12-13-20-21(14-15)26-23(25-20)28-16(2)22(27)24-19-11-7-6-10-18(19)17-8-4-3-5-9-17/h3-14,16H,1-2H3,(H,24,27)(H,25,26). The second-order valence-electron chi connectivity index (χ2n) is 6.72. The molecular weight excluding hydrogens is 366 g/mol. The number of H-pyrrole nitrogens is 1. The van der Waals surface area contributed by atoms with Gasteiger partial charge in [-0.3, -0.25) is 4.79 Å². The van der Waals surface area contributed by atoms with E-state index in [0.717, 1.165) is 33.0 Å². The summed E-state index contributed by atoms with van der Waals surface area (Å²) in [4.78, 5) is 20.7. The molecule has 0 bridgehead atoms. The zero-order valence-electron chi connectivity index (χ0n) is 15.8. The molecule has 140 valence electrons. The minimum atomic E-state index is -0.287. The highest BCUT2D eigenvalue weighted by molar-refractivity contribution is 8.00. The SMILES string of the molecule is Cc1ccc2nc(SC(C)C(=O)Nc3ccccc3-c3ccccc3)[nH]c2c1. The lowest BCUT2D eigenvalue weighted by Crippen LogP contribution is -2.22. The number of imidazole rings is 1. The van der Waals surface area contributed by atoms with Gasteiger partial charge in [0.05, 0.1) is 16.3 Å². The summed E-state index contributed by atoms with van der Waals surface area (Å²) in [6.45, 7) is 3.94. The Morgan fingerprint density at radius 2 is 1.79 bits per heavy atom. The number of aromatic nitrogens is 2. The summed E-state index contributed by atoms with van der Waals surface area (Å²) < 4.78 is 0. The fourth-order valence-electron chi connectivity index (χ4n) is 3.07. The van der Waals surface area contributed by atoms with Crippen molar-refractivity contribution in [2.24, 2.45) is 0 Å². The van der Waals surface area contributed by atoms with Gasteiger partial charge in [-0.2, -0.15) is 0 Å². The Hall–Kier alpha value is -3.05. The predicted molar refractivity (Wildman–Crippen MR) is 117 cm³/mol. The Bertz CT molecular complexity index is 1120. The molecule has 4 nitrogen and oxygen atoms in total. The lowest BCUT2D eigenvalue weighted by molar-refractivity contribution is -0.115. The van der Waals surface area contributed by atoms with Crippen LogP contribution < -0.4 is 5.32 Å². The fourth-order valence-corrected chi connectivity index (χ4v) is 3.89. The van der Waals surface area contributed by atoms with E-state index in [-0.39, 0.29) is 11.2 Å². The minimum Gasteiger partial charge on any atom is -0.333 e. The normalized spacial score (nSPS) is 12.1. The summed E-state index contributed by atoms with van der Waals surface area (Å²) in [6, 6.07) is 24.0. The van der Waals surface area contributed by atoms with Gasteiger partial charge in [0, 0.05) is 11.3 Å². The highest BCUT2D eigenvalue weighted by atomic mass is 32.2. The maximum atomic E-state index is 12.8. The Kier molecular flexibility index (Phi) is 5.17. The zero-order chi connectivity index (χ0) is 19.5. The van der Waals surface area contributed by atoms with E-state index in [1.165, 1.54) is 17.3 Å². The van der Waals surface area contributed by atoms with Crippen molar-refractivity contribution in [3.05, 3.63) is 78.4 Å². The molecule has 4 aromatic rings. The molecule has 1 unspecified atom stereocenters. The zero-order valence-corrected chi connectivity index (χ0v) is 16.6. The van der Waals surface area contributed by atoms with Crippen LogP contribution in [-0.2, 0) is 4.79 Å². The number of fused-ring (bicyclic) bond motifs is 1. The average molecular weight is 388 g/mol. The lowest BCUT2D eigenvalue weighted by Gasteiger charge is -2.14. The summed E-state index contributed by atoms with van der Waals surface area (Å²) in [5.41, 5.74) is 5.97. The van der Waals surface area contributed by atoms with Gasteiger partial charge in [-0.15, -0.1) is 0 Å². The van der Waals surface area contributed by atoms with Gasteiger partial charge >= 0.3 is 0 Å². The van der Waals surface area contributed by atoms with Gasteiger partial charge in [-0.05, 0) is 43.2 Å². The van der Waals surface area contributed by atoms with Gasteiger partial charge in [0.1, 0.15) is 0 Å². The third-order valence-electron chi connectivity index (χ3n) is 4.54. The first-order valence-electron chi connectivity index (χ1n) is 9.18. The second kappa shape index (κ2) is 7.90. The van der Waals surface area contributed by atoms with Crippen LogP contribution in [0.5, 0.6) is 0 Å². The first kappa shape index (κ1) is 18.3. The topological polar surface area (TPSA) is 57.8 Å². The van der Waals surface area contributed by atoms with Crippen LogP contribution in [0, 0.1) is 6.92 Å². The van der Waals surface area contributed by atoms with E-state index in [1.807, 2.05) is 80.6 Å². The van der Waals surface area contributed by atoms with E-state index < -0.39 is 0 Å². The Morgan fingerprint density at radius 1 is 1.04 bits per heavy atom. The number of para-hydroxylation sites is 1. The van der Waals surface area contributed by atoms with Crippen molar-refractivity contribution in [1.82, 2.24) is 9.97 Å². The molecule has 1 aromatic heterocycles. The van der Waals surface area contributed by atoms with Crippen LogP contribution >= 0.6 is 11.8 Å². The number of aryl methyl sites for hydroxylation is 1. The Balaban J connectivity index is 1.50. The quantitative estimate of drug-likeness (QED) is 0.435. The molecule has 5 heteroatoms. The maximum Gasteiger partial charge on any atom is 0.237 e. The lowest BCUT2D eigenvalue weighted by atomic mass is 10.0. The number of benzene rings is 3. The Morgan fingerprint density at radius 3 is 2.61 bits per heavy atom. The van der Waals surface area contributed by atoms with Crippen molar-refractivity contribution in [2.45, 2.75) is 24.3 Å². The molecule has 1 amide bonds. The molecule has 0 fully saturated rings. The van der Waals surface area contributed by atoms with Crippen LogP contribution in [0.15, 0.2) is 78.0 Å². The van der Waals surface area contributed by atoms with Gasteiger partial charge in [-0.1, -0.05) is 66.4 Å². The van der Waals surface area contributed by atoms with Crippen molar-refractivity contribution in [3.63, 3.8) is 0 Å².